The Morgan fingerprint density at radius 3 is 2.53 bits per heavy atom. The van der Waals surface area contributed by atoms with Gasteiger partial charge in [-0.05, 0) is 31.0 Å². The summed E-state index contributed by atoms with van der Waals surface area (Å²) in [6, 6.07) is 14.1. The first-order valence-corrected chi connectivity index (χ1v) is 6.43. The van der Waals surface area contributed by atoms with Crippen LogP contribution in [-0.2, 0) is 0 Å². The van der Waals surface area contributed by atoms with Gasteiger partial charge in [0, 0.05) is 6.20 Å². The van der Waals surface area contributed by atoms with Gasteiger partial charge in [0.05, 0.1) is 17.4 Å². The number of rotatable bonds is 2. The van der Waals surface area contributed by atoms with Crippen molar-refractivity contribution in [2.24, 2.45) is 5.73 Å². The molecular formula is C16H17N3. The Kier molecular flexibility index (Phi) is 2.84. The molecule has 96 valence electrons. The van der Waals surface area contributed by atoms with E-state index in [-0.39, 0.29) is 6.04 Å². The molecule has 0 amide bonds. The smallest absolute Gasteiger partial charge is 0.140 e. The van der Waals surface area contributed by atoms with Crippen LogP contribution in [0.2, 0.25) is 0 Å². The highest BCUT2D eigenvalue weighted by atomic mass is 15.0. The number of hydrogen-bond acceptors (Lipinski definition) is 2. The quantitative estimate of drug-likeness (QED) is 0.761. The molecule has 0 spiro atoms. The van der Waals surface area contributed by atoms with E-state index < -0.39 is 0 Å². The van der Waals surface area contributed by atoms with Gasteiger partial charge in [-0.1, -0.05) is 36.4 Å². The largest absolute Gasteiger partial charge is 0.319 e. The molecule has 3 aromatic rings. The summed E-state index contributed by atoms with van der Waals surface area (Å²) in [6.07, 6.45) is 2.03. The monoisotopic (exact) mass is 251 g/mol. The summed E-state index contributed by atoms with van der Waals surface area (Å²) in [6.45, 7) is 4.09. The Hall–Kier alpha value is -2.13. The van der Waals surface area contributed by atoms with Crippen LogP contribution in [0.25, 0.3) is 5.65 Å². The number of fused-ring (bicyclic) bond motifs is 1. The second kappa shape index (κ2) is 4.52. The van der Waals surface area contributed by atoms with E-state index in [4.69, 9.17) is 5.73 Å². The maximum atomic E-state index is 6.42. The Morgan fingerprint density at radius 2 is 1.79 bits per heavy atom. The van der Waals surface area contributed by atoms with Crippen molar-refractivity contribution < 1.29 is 0 Å². The van der Waals surface area contributed by atoms with Crippen molar-refractivity contribution in [3.63, 3.8) is 0 Å². The molecule has 0 saturated carbocycles. The highest BCUT2D eigenvalue weighted by Gasteiger charge is 2.17. The second-order valence-electron chi connectivity index (χ2n) is 4.86. The minimum Gasteiger partial charge on any atom is -0.319 e. The van der Waals surface area contributed by atoms with Crippen molar-refractivity contribution in [3.8, 4) is 0 Å². The van der Waals surface area contributed by atoms with Gasteiger partial charge in [0.2, 0.25) is 0 Å². The average molecular weight is 251 g/mol. The molecule has 1 atom stereocenters. The van der Waals surface area contributed by atoms with Gasteiger partial charge in [0.25, 0.3) is 0 Å². The lowest BCUT2D eigenvalue weighted by molar-refractivity contribution is 0.804. The van der Waals surface area contributed by atoms with Gasteiger partial charge in [0.15, 0.2) is 0 Å². The Labute approximate surface area is 112 Å². The maximum absolute atomic E-state index is 6.42. The molecule has 3 heteroatoms. The lowest BCUT2D eigenvalue weighted by Crippen LogP contribution is -2.15. The third-order valence-electron chi connectivity index (χ3n) is 3.52. The molecule has 0 aliphatic heterocycles. The van der Waals surface area contributed by atoms with E-state index in [0.717, 1.165) is 28.2 Å². The van der Waals surface area contributed by atoms with Crippen LogP contribution in [0, 0.1) is 13.8 Å². The number of nitrogens with two attached hydrogens (primary N) is 1. The normalized spacial score (nSPS) is 12.8. The second-order valence-corrected chi connectivity index (χ2v) is 4.86. The van der Waals surface area contributed by atoms with Gasteiger partial charge in [-0.15, -0.1) is 0 Å². The number of aryl methyl sites for hydroxylation is 2. The molecule has 1 aromatic carbocycles. The standard InChI is InChI=1S/C16H17N3/c1-11-7-6-10-19-15(12(2)18-16(11)19)14(17)13-8-4-3-5-9-13/h3-10,14H,17H2,1-2H3. The number of aromatic nitrogens is 2. The first kappa shape index (κ1) is 11.9. The Balaban J connectivity index is 2.20. The van der Waals surface area contributed by atoms with E-state index in [9.17, 15) is 0 Å². The molecule has 1 unspecified atom stereocenters. The fraction of sp³-hybridized carbons (Fsp3) is 0.188. The van der Waals surface area contributed by atoms with Crippen molar-refractivity contribution in [1.29, 1.82) is 0 Å². The van der Waals surface area contributed by atoms with E-state index >= 15 is 0 Å². The van der Waals surface area contributed by atoms with Crippen LogP contribution in [-0.4, -0.2) is 9.38 Å². The zero-order chi connectivity index (χ0) is 13.4. The number of imidazole rings is 1. The Bertz CT molecular complexity index is 713. The highest BCUT2D eigenvalue weighted by Crippen LogP contribution is 2.24. The zero-order valence-corrected chi connectivity index (χ0v) is 11.2. The highest BCUT2D eigenvalue weighted by molar-refractivity contribution is 5.51. The lowest BCUT2D eigenvalue weighted by atomic mass is 10.0. The van der Waals surface area contributed by atoms with E-state index in [0.29, 0.717) is 0 Å². The summed E-state index contributed by atoms with van der Waals surface area (Å²) in [7, 11) is 0. The van der Waals surface area contributed by atoms with Crippen LogP contribution in [0.1, 0.15) is 28.6 Å². The van der Waals surface area contributed by atoms with Crippen molar-refractivity contribution in [1.82, 2.24) is 9.38 Å². The third kappa shape index (κ3) is 1.92. The molecular weight excluding hydrogens is 234 g/mol. The molecule has 19 heavy (non-hydrogen) atoms. The lowest BCUT2D eigenvalue weighted by Gasteiger charge is -2.13. The summed E-state index contributed by atoms with van der Waals surface area (Å²) < 4.78 is 2.10. The van der Waals surface area contributed by atoms with E-state index in [2.05, 4.69) is 34.5 Å². The predicted octanol–water partition coefficient (Wildman–Crippen LogP) is 3.00. The van der Waals surface area contributed by atoms with Crippen LogP contribution < -0.4 is 5.73 Å². The van der Waals surface area contributed by atoms with Gasteiger partial charge in [-0.2, -0.15) is 0 Å². The van der Waals surface area contributed by atoms with Gasteiger partial charge in [0.1, 0.15) is 5.65 Å². The van der Waals surface area contributed by atoms with Crippen LogP contribution in [0.15, 0.2) is 48.7 Å². The molecule has 0 fully saturated rings. The van der Waals surface area contributed by atoms with E-state index in [1.54, 1.807) is 0 Å². The molecule has 2 aromatic heterocycles. The molecule has 0 bridgehead atoms. The molecule has 3 nitrogen and oxygen atoms in total. The maximum Gasteiger partial charge on any atom is 0.140 e. The van der Waals surface area contributed by atoms with Crippen molar-refractivity contribution in [3.05, 3.63) is 71.2 Å². The predicted molar refractivity (Wildman–Crippen MR) is 77.1 cm³/mol. The summed E-state index contributed by atoms with van der Waals surface area (Å²) >= 11 is 0. The van der Waals surface area contributed by atoms with Gasteiger partial charge in [-0.3, -0.25) is 0 Å². The first-order valence-electron chi connectivity index (χ1n) is 6.43. The van der Waals surface area contributed by atoms with E-state index in [1.807, 2.05) is 37.4 Å². The summed E-state index contributed by atoms with van der Waals surface area (Å²) in [4.78, 5) is 4.64. The number of benzene rings is 1. The Morgan fingerprint density at radius 1 is 1.05 bits per heavy atom. The minimum absolute atomic E-state index is 0.155. The molecule has 0 aliphatic rings. The molecule has 2 heterocycles. The summed E-state index contributed by atoms with van der Waals surface area (Å²) in [5.41, 5.74) is 11.7. The number of hydrogen-bond donors (Lipinski definition) is 1. The number of nitrogens with zero attached hydrogens (tertiary/aromatic N) is 2. The number of pyridine rings is 1. The molecule has 0 radical (unpaired) electrons. The van der Waals surface area contributed by atoms with Crippen molar-refractivity contribution in [2.45, 2.75) is 19.9 Å². The zero-order valence-electron chi connectivity index (χ0n) is 11.2. The molecule has 2 N–H and O–H groups in total. The molecule has 0 saturated heterocycles. The van der Waals surface area contributed by atoms with Crippen LogP contribution >= 0.6 is 0 Å². The van der Waals surface area contributed by atoms with E-state index in [1.165, 1.54) is 0 Å². The average Bonchev–Trinajstić information content (AvgIpc) is 2.77. The SMILES string of the molecule is Cc1nc2c(C)cccn2c1C(N)c1ccccc1. The van der Waals surface area contributed by atoms with Gasteiger partial charge >= 0.3 is 0 Å². The minimum atomic E-state index is -0.155. The fourth-order valence-corrected chi connectivity index (χ4v) is 2.53. The van der Waals surface area contributed by atoms with Crippen molar-refractivity contribution in [2.75, 3.05) is 0 Å². The molecule has 3 rings (SSSR count). The summed E-state index contributed by atoms with van der Waals surface area (Å²) in [5, 5.41) is 0. The summed E-state index contributed by atoms with van der Waals surface area (Å²) in [5.74, 6) is 0. The third-order valence-corrected chi connectivity index (χ3v) is 3.52. The van der Waals surface area contributed by atoms with Crippen molar-refractivity contribution >= 4 is 5.65 Å². The van der Waals surface area contributed by atoms with Crippen LogP contribution in [0.3, 0.4) is 0 Å². The fourth-order valence-electron chi connectivity index (χ4n) is 2.53. The van der Waals surface area contributed by atoms with Crippen LogP contribution in [0.5, 0.6) is 0 Å². The molecule has 0 aliphatic carbocycles. The van der Waals surface area contributed by atoms with Gasteiger partial charge < -0.3 is 10.1 Å². The first-order chi connectivity index (χ1) is 9.18. The van der Waals surface area contributed by atoms with Gasteiger partial charge in [-0.25, -0.2) is 4.98 Å². The van der Waals surface area contributed by atoms with Crippen LogP contribution in [0.4, 0.5) is 0 Å². The topological polar surface area (TPSA) is 43.3 Å².